The normalized spacial score (nSPS) is 22.9. The molecule has 1 saturated heterocycles. The van der Waals surface area contributed by atoms with Gasteiger partial charge in [-0.1, -0.05) is 12.1 Å². The highest BCUT2D eigenvalue weighted by molar-refractivity contribution is 5.40. The number of rotatable bonds is 4. The number of hydrogen-bond acceptors (Lipinski definition) is 3. The molecule has 0 amide bonds. The SMILES string of the molecule is CCOC1CCCN(C(C)c2ccc(N)cc2)C1. The summed E-state index contributed by atoms with van der Waals surface area (Å²) in [6.07, 6.45) is 2.82. The highest BCUT2D eigenvalue weighted by atomic mass is 16.5. The van der Waals surface area contributed by atoms with Crippen molar-refractivity contribution in [1.29, 1.82) is 0 Å². The first-order chi connectivity index (χ1) is 8.70. The Balaban J connectivity index is 1.99. The summed E-state index contributed by atoms with van der Waals surface area (Å²) >= 11 is 0. The Kier molecular flexibility index (Phi) is 4.61. The number of likely N-dealkylation sites (tertiary alicyclic amines) is 1. The standard InChI is InChI=1S/C15H24N2O/c1-3-18-15-5-4-10-17(11-15)12(2)13-6-8-14(16)9-7-13/h6-9,12,15H,3-5,10-11,16H2,1-2H3. The molecule has 1 aliphatic heterocycles. The Bertz CT molecular complexity index is 361. The Hall–Kier alpha value is -1.06. The van der Waals surface area contributed by atoms with Crippen molar-refractivity contribution in [2.45, 2.75) is 38.8 Å². The molecule has 1 heterocycles. The summed E-state index contributed by atoms with van der Waals surface area (Å²) in [5.74, 6) is 0. The molecule has 0 aromatic heterocycles. The van der Waals surface area contributed by atoms with Gasteiger partial charge in [-0.25, -0.2) is 0 Å². The summed E-state index contributed by atoms with van der Waals surface area (Å²) in [7, 11) is 0. The molecule has 2 rings (SSSR count). The minimum absolute atomic E-state index is 0.403. The predicted octanol–water partition coefficient (Wildman–Crippen LogP) is 2.83. The first-order valence-electron chi connectivity index (χ1n) is 6.91. The van der Waals surface area contributed by atoms with Crippen LogP contribution in [0, 0.1) is 0 Å². The van der Waals surface area contributed by atoms with E-state index in [9.17, 15) is 0 Å². The van der Waals surface area contributed by atoms with Gasteiger partial charge in [0.15, 0.2) is 0 Å². The largest absolute Gasteiger partial charge is 0.399 e. The van der Waals surface area contributed by atoms with Crippen LogP contribution < -0.4 is 5.73 Å². The van der Waals surface area contributed by atoms with Gasteiger partial charge >= 0.3 is 0 Å². The monoisotopic (exact) mass is 248 g/mol. The van der Waals surface area contributed by atoms with Gasteiger partial charge in [0.1, 0.15) is 0 Å². The van der Waals surface area contributed by atoms with Crippen LogP contribution in [0.2, 0.25) is 0 Å². The topological polar surface area (TPSA) is 38.5 Å². The first kappa shape index (κ1) is 13.4. The van der Waals surface area contributed by atoms with Crippen LogP contribution in [-0.2, 0) is 4.74 Å². The molecule has 3 nitrogen and oxygen atoms in total. The van der Waals surface area contributed by atoms with Gasteiger partial charge in [-0.3, -0.25) is 4.90 Å². The van der Waals surface area contributed by atoms with Crippen molar-refractivity contribution in [3.63, 3.8) is 0 Å². The van der Waals surface area contributed by atoms with Crippen molar-refractivity contribution in [3.05, 3.63) is 29.8 Å². The number of ether oxygens (including phenoxy) is 1. The molecular weight excluding hydrogens is 224 g/mol. The molecule has 18 heavy (non-hydrogen) atoms. The van der Waals surface area contributed by atoms with Crippen LogP contribution in [0.5, 0.6) is 0 Å². The van der Waals surface area contributed by atoms with Crippen LogP contribution in [0.15, 0.2) is 24.3 Å². The molecule has 100 valence electrons. The van der Waals surface area contributed by atoms with Crippen LogP contribution in [0.3, 0.4) is 0 Å². The molecule has 2 atom stereocenters. The van der Waals surface area contributed by atoms with Gasteiger partial charge in [0.25, 0.3) is 0 Å². The van der Waals surface area contributed by atoms with Crippen molar-refractivity contribution >= 4 is 5.69 Å². The number of nitrogen functional groups attached to an aromatic ring is 1. The number of nitrogens with two attached hydrogens (primary N) is 1. The molecule has 1 aromatic carbocycles. The van der Waals surface area contributed by atoms with Crippen molar-refractivity contribution in [1.82, 2.24) is 4.90 Å². The summed E-state index contributed by atoms with van der Waals surface area (Å²) in [5, 5.41) is 0. The summed E-state index contributed by atoms with van der Waals surface area (Å²) in [6, 6.07) is 8.66. The molecule has 2 unspecified atom stereocenters. The number of anilines is 1. The molecule has 1 aromatic rings. The van der Waals surface area contributed by atoms with Crippen LogP contribution >= 0.6 is 0 Å². The molecule has 2 N–H and O–H groups in total. The summed E-state index contributed by atoms with van der Waals surface area (Å²) in [4.78, 5) is 2.51. The van der Waals surface area contributed by atoms with E-state index < -0.39 is 0 Å². The highest BCUT2D eigenvalue weighted by Crippen LogP contribution is 2.25. The maximum absolute atomic E-state index is 5.76. The second kappa shape index (κ2) is 6.21. The Labute approximate surface area is 110 Å². The zero-order valence-corrected chi connectivity index (χ0v) is 11.4. The van der Waals surface area contributed by atoms with E-state index in [1.54, 1.807) is 0 Å². The quantitative estimate of drug-likeness (QED) is 0.833. The number of nitrogens with zero attached hydrogens (tertiary/aromatic N) is 1. The Morgan fingerprint density at radius 1 is 1.39 bits per heavy atom. The van der Waals surface area contributed by atoms with E-state index in [-0.39, 0.29) is 0 Å². The summed E-state index contributed by atoms with van der Waals surface area (Å²) in [5.41, 5.74) is 7.90. The smallest absolute Gasteiger partial charge is 0.0702 e. The van der Waals surface area contributed by atoms with E-state index in [1.807, 2.05) is 12.1 Å². The molecule has 3 heteroatoms. The van der Waals surface area contributed by atoms with Gasteiger partial charge in [-0.05, 0) is 50.9 Å². The molecule has 0 spiro atoms. The average Bonchev–Trinajstić information content (AvgIpc) is 2.39. The lowest BCUT2D eigenvalue weighted by molar-refractivity contribution is -0.00537. The lowest BCUT2D eigenvalue weighted by atomic mass is 10.0. The zero-order valence-electron chi connectivity index (χ0n) is 11.4. The van der Waals surface area contributed by atoms with Crippen molar-refractivity contribution in [3.8, 4) is 0 Å². The zero-order chi connectivity index (χ0) is 13.0. The van der Waals surface area contributed by atoms with Crippen molar-refractivity contribution in [2.24, 2.45) is 0 Å². The van der Waals surface area contributed by atoms with E-state index in [2.05, 4.69) is 30.9 Å². The average molecular weight is 248 g/mol. The van der Waals surface area contributed by atoms with E-state index in [1.165, 1.54) is 18.4 Å². The number of piperidine rings is 1. The van der Waals surface area contributed by atoms with Crippen LogP contribution in [0.25, 0.3) is 0 Å². The van der Waals surface area contributed by atoms with Crippen molar-refractivity contribution < 1.29 is 4.74 Å². The van der Waals surface area contributed by atoms with Gasteiger partial charge in [-0.15, -0.1) is 0 Å². The second-order valence-corrected chi connectivity index (χ2v) is 5.06. The lowest BCUT2D eigenvalue weighted by Crippen LogP contribution is -2.41. The third-order valence-corrected chi connectivity index (χ3v) is 3.78. The summed E-state index contributed by atoms with van der Waals surface area (Å²) in [6.45, 7) is 7.35. The lowest BCUT2D eigenvalue weighted by Gasteiger charge is -2.36. The van der Waals surface area contributed by atoms with Gasteiger partial charge in [-0.2, -0.15) is 0 Å². The minimum Gasteiger partial charge on any atom is -0.399 e. The van der Waals surface area contributed by atoms with Gasteiger partial charge < -0.3 is 10.5 Å². The third-order valence-electron chi connectivity index (χ3n) is 3.78. The molecule has 0 bridgehead atoms. The molecule has 1 aliphatic rings. The predicted molar refractivity (Wildman–Crippen MR) is 75.5 cm³/mol. The molecule has 1 fully saturated rings. The molecule has 0 aliphatic carbocycles. The van der Waals surface area contributed by atoms with Crippen LogP contribution in [-0.4, -0.2) is 30.7 Å². The number of hydrogen-bond donors (Lipinski definition) is 1. The van der Waals surface area contributed by atoms with E-state index in [0.717, 1.165) is 25.4 Å². The van der Waals surface area contributed by atoms with E-state index in [4.69, 9.17) is 10.5 Å². The van der Waals surface area contributed by atoms with Gasteiger partial charge in [0, 0.05) is 24.9 Å². The van der Waals surface area contributed by atoms with Crippen molar-refractivity contribution in [2.75, 3.05) is 25.4 Å². The van der Waals surface area contributed by atoms with E-state index in [0.29, 0.717) is 12.1 Å². The Morgan fingerprint density at radius 3 is 2.78 bits per heavy atom. The first-order valence-corrected chi connectivity index (χ1v) is 6.91. The van der Waals surface area contributed by atoms with E-state index >= 15 is 0 Å². The van der Waals surface area contributed by atoms with Gasteiger partial charge in [0.2, 0.25) is 0 Å². The minimum atomic E-state index is 0.403. The van der Waals surface area contributed by atoms with Crippen LogP contribution in [0.4, 0.5) is 5.69 Å². The molecule has 0 saturated carbocycles. The second-order valence-electron chi connectivity index (χ2n) is 5.06. The molecule has 0 radical (unpaired) electrons. The Morgan fingerprint density at radius 2 is 2.11 bits per heavy atom. The maximum atomic E-state index is 5.76. The third kappa shape index (κ3) is 3.24. The fourth-order valence-electron chi connectivity index (χ4n) is 2.68. The van der Waals surface area contributed by atoms with Gasteiger partial charge in [0.05, 0.1) is 6.10 Å². The summed E-state index contributed by atoms with van der Waals surface area (Å²) < 4.78 is 5.76. The fraction of sp³-hybridized carbons (Fsp3) is 0.600. The number of benzene rings is 1. The molecular formula is C15H24N2O. The maximum Gasteiger partial charge on any atom is 0.0702 e. The van der Waals surface area contributed by atoms with Crippen LogP contribution in [0.1, 0.15) is 38.3 Å². The highest BCUT2D eigenvalue weighted by Gasteiger charge is 2.24. The fourth-order valence-corrected chi connectivity index (χ4v) is 2.68.